The van der Waals surface area contributed by atoms with Gasteiger partial charge in [-0.15, -0.1) is 0 Å². The largest absolute Gasteiger partial charge is 0.0955 e. The Bertz CT molecular complexity index is 262. The zero-order valence-corrected chi connectivity index (χ0v) is 9.28. The summed E-state index contributed by atoms with van der Waals surface area (Å²) in [6, 6.07) is 0. The Morgan fingerprint density at radius 3 is 2.08 bits per heavy atom. The molecule has 0 bridgehead atoms. The molecule has 0 atom stereocenters. The molecule has 0 aromatic heterocycles. The van der Waals surface area contributed by atoms with E-state index in [0.29, 0.717) is 0 Å². The summed E-state index contributed by atoms with van der Waals surface area (Å²) in [5, 5.41) is 0. The third-order valence-corrected chi connectivity index (χ3v) is 1.96. The van der Waals surface area contributed by atoms with Crippen LogP contribution in [0.2, 0.25) is 0 Å². The summed E-state index contributed by atoms with van der Waals surface area (Å²) in [7, 11) is 0. The fourth-order valence-corrected chi connectivity index (χ4v) is 1.15. The molecule has 13 heavy (non-hydrogen) atoms. The van der Waals surface area contributed by atoms with E-state index in [2.05, 4.69) is 46.1 Å². The molecule has 0 rings (SSSR count). The summed E-state index contributed by atoms with van der Waals surface area (Å²) in [6.45, 7) is 16.1. The minimum atomic E-state index is 1.04. The molecule has 0 saturated carbocycles. The summed E-state index contributed by atoms with van der Waals surface area (Å²) in [5.74, 6) is 0. The van der Waals surface area contributed by atoms with E-state index in [0.717, 1.165) is 17.6 Å². The molecule has 72 valence electrons. The molecule has 0 nitrogen and oxygen atoms in total. The van der Waals surface area contributed by atoms with Gasteiger partial charge in [0, 0.05) is 0 Å². The fourth-order valence-electron chi connectivity index (χ4n) is 1.15. The average Bonchev–Trinajstić information content (AvgIpc) is 2.03. The first-order valence-corrected chi connectivity index (χ1v) is 4.69. The van der Waals surface area contributed by atoms with Gasteiger partial charge in [-0.3, -0.25) is 0 Å². The van der Waals surface area contributed by atoms with E-state index in [9.17, 15) is 0 Å². The second-order valence-electron chi connectivity index (χ2n) is 3.44. The lowest BCUT2D eigenvalue weighted by Gasteiger charge is -2.05. The number of rotatable bonds is 4. The van der Waals surface area contributed by atoms with Crippen LogP contribution in [0.3, 0.4) is 0 Å². The third kappa shape index (κ3) is 4.51. The third-order valence-electron chi connectivity index (χ3n) is 1.96. The van der Waals surface area contributed by atoms with Crippen LogP contribution in [0.15, 0.2) is 47.6 Å². The molecule has 0 spiro atoms. The van der Waals surface area contributed by atoms with Gasteiger partial charge >= 0.3 is 0 Å². The van der Waals surface area contributed by atoms with Gasteiger partial charge in [0.15, 0.2) is 0 Å². The van der Waals surface area contributed by atoms with Crippen LogP contribution in [-0.4, -0.2) is 0 Å². The van der Waals surface area contributed by atoms with Crippen LogP contribution < -0.4 is 0 Å². The minimum absolute atomic E-state index is 1.04. The number of hydrogen-bond donors (Lipinski definition) is 0. The first-order valence-electron chi connectivity index (χ1n) is 4.69. The Hall–Kier alpha value is -1.04. The second-order valence-corrected chi connectivity index (χ2v) is 3.44. The molecule has 0 heterocycles. The maximum atomic E-state index is 3.97. The van der Waals surface area contributed by atoms with Crippen molar-refractivity contribution in [1.29, 1.82) is 0 Å². The molecule has 0 N–H and O–H groups in total. The fraction of sp³-hybridized carbons (Fsp3) is 0.385. The predicted octanol–water partition coefficient (Wildman–Crippen LogP) is 4.42. The van der Waals surface area contributed by atoms with Crippen molar-refractivity contribution >= 4 is 0 Å². The van der Waals surface area contributed by atoms with Crippen molar-refractivity contribution in [2.24, 2.45) is 0 Å². The van der Waals surface area contributed by atoms with E-state index in [-0.39, 0.29) is 0 Å². The second kappa shape index (κ2) is 5.58. The smallest absolute Gasteiger partial charge is 0.0276 e. The van der Waals surface area contributed by atoms with Gasteiger partial charge in [-0.1, -0.05) is 43.4 Å². The molecule has 0 fully saturated rings. The van der Waals surface area contributed by atoms with E-state index >= 15 is 0 Å². The van der Waals surface area contributed by atoms with E-state index in [1.54, 1.807) is 0 Å². The lowest BCUT2D eigenvalue weighted by atomic mass is 10.0. The lowest BCUT2D eigenvalue weighted by Crippen LogP contribution is -1.85. The quantitative estimate of drug-likeness (QED) is 0.556. The molecule has 0 amide bonds. The van der Waals surface area contributed by atoms with Gasteiger partial charge in [0.25, 0.3) is 0 Å². The molecule has 0 saturated heterocycles. The van der Waals surface area contributed by atoms with Crippen molar-refractivity contribution < 1.29 is 0 Å². The molecule has 0 aliphatic heterocycles. The van der Waals surface area contributed by atoms with Crippen LogP contribution in [0.4, 0.5) is 0 Å². The predicted molar refractivity (Wildman–Crippen MR) is 61.8 cm³/mol. The zero-order chi connectivity index (χ0) is 10.4. The summed E-state index contributed by atoms with van der Waals surface area (Å²) < 4.78 is 0. The first-order chi connectivity index (χ1) is 5.99. The summed E-state index contributed by atoms with van der Waals surface area (Å²) in [5.41, 5.74) is 4.58. The normalized spacial score (nSPS) is 12.9. The van der Waals surface area contributed by atoms with Gasteiger partial charge in [-0.05, 0) is 38.3 Å². The SMILES string of the molecule is C=C(C)C(=C)/C(C)=C\C(C)=C/CC. The molecule has 0 aliphatic rings. The van der Waals surface area contributed by atoms with E-state index in [1.807, 2.05) is 6.92 Å². The van der Waals surface area contributed by atoms with Crippen LogP contribution in [0, 0.1) is 0 Å². The molecule has 0 aromatic rings. The maximum absolute atomic E-state index is 3.97. The van der Waals surface area contributed by atoms with E-state index in [1.165, 1.54) is 11.1 Å². The molecule has 0 unspecified atom stereocenters. The summed E-state index contributed by atoms with van der Waals surface area (Å²) in [4.78, 5) is 0. The Balaban J connectivity index is 4.59. The van der Waals surface area contributed by atoms with Crippen LogP contribution in [0.5, 0.6) is 0 Å². The maximum Gasteiger partial charge on any atom is -0.0276 e. The van der Waals surface area contributed by atoms with Crippen LogP contribution >= 0.6 is 0 Å². The Labute approximate surface area is 82.4 Å². The van der Waals surface area contributed by atoms with Gasteiger partial charge in [0.05, 0.1) is 0 Å². The van der Waals surface area contributed by atoms with Crippen molar-refractivity contribution in [2.75, 3.05) is 0 Å². The molecular formula is C13H20. The summed E-state index contributed by atoms with van der Waals surface area (Å²) >= 11 is 0. The van der Waals surface area contributed by atoms with E-state index < -0.39 is 0 Å². The number of hydrogen-bond acceptors (Lipinski definition) is 0. The van der Waals surface area contributed by atoms with Gasteiger partial charge < -0.3 is 0 Å². The highest BCUT2D eigenvalue weighted by atomic mass is 14.0. The van der Waals surface area contributed by atoms with Crippen LogP contribution in [0.1, 0.15) is 34.1 Å². The Morgan fingerprint density at radius 1 is 1.15 bits per heavy atom. The highest BCUT2D eigenvalue weighted by molar-refractivity contribution is 5.43. The zero-order valence-electron chi connectivity index (χ0n) is 9.28. The molecule has 0 aliphatic carbocycles. The van der Waals surface area contributed by atoms with Gasteiger partial charge in [0.2, 0.25) is 0 Å². The van der Waals surface area contributed by atoms with Gasteiger partial charge in [-0.25, -0.2) is 0 Å². The minimum Gasteiger partial charge on any atom is -0.0955 e. The van der Waals surface area contributed by atoms with Crippen molar-refractivity contribution in [1.82, 2.24) is 0 Å². The molecule has 0 heteroatoms. The van der Waals surface area contributed by atoms with Gasteiger partial charge in [-0.2, -0.15) is 0 Å². The van der Waals surface area contributed by atoms with Crippen molar-refractivity contribution in [2.45, 2.75) is 34.1 Å². The Morgan fingerprint density at radius 2 is 1.69 bits per heavy atom. The standard InChI is InChI=1S/C13H20/c1-7-8-11(4)9-12(5)13(6)10(2)3/h8-9H,2,6-7H2,1,3-5H3/b11-8-,12-9-. The van der Waals surface area contributed by atoms with Crippen LogP contribution in [-0.2, 0) is 0 Å². The van der Waals surface area contributed by atoms with Crippen molar-refractivity contribution in [3.63, 3.8) is 0 Å². The first kappa shape index (κ1) is 12.0. The lowest BCUT2D eigenvalue weighted by molar-refractivity contribution is 1.19. The number of allylic oxidation sites excluding steroid dienone is 6. The highest BCUT2D eigenvalue weighted by Crippen LogP contribution is 2.16. The van der Waals surface area contributed by atoms with Crippen molar-refractivity contribution in [3.05, 3.63) is 47.6 Å². The monoisotopic (exact) mass is 176 g/mol. The van der Waals surface area contributed by atoms with Gasteiger partial charge in [0.1, 0.15) is 0 Å². The molecule has 0 radical (unpaired) electrons. The van der Waals surface area contributed by atoms with Crippen LogP contribution in [0.25, 0.3) is 0 Å². The molecular weight excluding hydrogens is 156 g/mol. The van der Waals surface area contributed by atoms with Crippen molar-refractivity contribution in [3.8, 4) is 0 Å². The average molecular weight is 176 g/mol. The topological polar surface area (TPSA) is 0 Å². The Kier molecular flexibility index (Phi) is 5.13. The van der Waals surface area contributed by atoms with E-state index in [4.69, 9.17) is 0 Å². The summed E-state index contributed by atoms with van der Waals surface area (Å²) in [6.07, 6.45) is 5.44. The highest BCUT2D eigenvalue weighted by Gasteiger charge is 1.96. The molecule has 0 aromatic carbocycles.